The summed E-state index contributed by atoms with van der Waals surface area (Å²) in [6, 6.07) is -1.41. The van der Waals surface area contributed by atoms with Gasteiger partial charge in [-0.1, -0.05) is 5.16 Å². The summed E-state index contributed by atoms with van der Waals surface area (Å²) in [5.41, 5.74) is 5.23. The average molecular weight is 439 g/mol. The molecule has 0 unspecified atom stereocenters. The molecule has 0 radical (unpaired) electrons. The molecule has 0 aliphatic carbocycles. The number of nitrogens with two attached hydrogens (primary N) is 1. The predicted octanol–water partition coefficient (Wildman–Crippen LogP) is -1.65. The Balaban J connectivity index is 2.22. The van der Waals surface area contributed by atoms with E-state index in [0.717, 1.165) is 11.3 Å². The van der Waals surface area contributed by atoms with Gasteiger partial charge in [-0.15, -0.1) is 23.1 Å². The molecule has 148 valence electrons. The second-order valence-electron chi connectivity index (χ2n) is 4.85. The minimum atomic E-state index is -4.92. The maximum atomic E-state index is 12.4. The molecule has 1 aliphatic rings. The molecule has 1 aromatic heterocycles. The van der Waals surface area contributed by atoms with Gasteiger partial charge in [-0.05, 0) is 0 Å². The summed E-state index contributed by atoms with van der Waals surface area (Å²) in [5.74, 6) is -3.92. The quantitative estimate of drug-likeness (QED) is 0.156. The van der Waals surface area contributed by atoms with Gasteiger partial charge in [-0.2, -0.15) is 12.7 Å². The number of nitrogens with one attached hydrogen (secondary N) is 1. The number of anilines is 1. The molecular weight excluding hydrogens is 426 g/mol. The van der Waals surface area contributed by atoms with Crippen LogP contribution in [0.3, 0.4) is 0 Å². The van der Waals surface area contributed by atoms with Crippen molar-refractivity contribution in [2.24, 2.45) is 5.16 Å². The van der Waals surface area contributed by atoms with Gasteiger partial charge in [0, 0.05) is 5.38 Å². The van der Waals surface area contributed by atoms with E-state index in [2.05, 4.69) is 20.3 Å². The van der Waals surface area contributed by atoms with Crippen LogP contribution in [0.25, 0.3) is 0 Å². The van der Waals surface area contributed by atoms with Crippen molar-refractivity contribution in [3.8, 4) is 0 Å². The molecule has 2 amide bonds. The number of amides is 2. The van der Waals surface area contributed by atoms with Crippen LogP contribution in [-0.2, 0) is 29.5 Å². The number of nitrogen functional groups attached to an aromatic ring is 1. The number of carboxylic acid groups (broad SMARTS) is 1. The number of rotatable bonds is 8. The van der Waals surface area contributed by atoms with Crippen LogP contribution in [0.5, 0.6) is 0 Å². The van der Waals surface area contributed by atoms with Crippen molar-refractivity contribution < 1.29 is 37.3 Å². The number of carbonyl (C=O) groups is 3. The predicted molar refractivity (Wildman–Crippen MR) is 94.3 cm³/mol. The van der Waals surface area contributed by atoms with Gasteiger partial charge in [0.05, 0.1) is 5.75 Å². The molecule has 2 heterocycles. The van der Waals surface area contributed by atoms with Gasteiger partial charge in [-0.25, -0.2) is 4.98 Å². The lowest BCUT2D eigenvalue weighted by Crippen LogP contribution is -2.71. The molecule has 1 aliphatic heterocycles. The number of thiazole rings is 1. The number of thioether (sulfide) groups is 1. The van der Waals surface area contributed by atoms with E-state index >= 15 is 0 Å². The van der Waals surface area contributed by atoms with Gasteiger partial charge in [0.2, 0.25) is 0 Å². The van der Waals surface area contributed by atoms with Gasteiger partial charge in [0.15, 0.2) is 10.8 Å². The first-order valence-electron chi connectivity index (χ1n) is 6.83. The van der Waals surface area contributed by atoms with Crippen molar-refractivity contribution in [1.82, 2.24) is 14.6 Å². The molecule has 0 saturated carbocycles. The lowest BCUT2D eigenvalue weighted by atomic mass is 10.1. The number of β-lactam (4-membered cyclic amide) rings is 1. The molecule has 2 atom stereocenters. The molecule has 13 nitrogen and oxygen atoms in total. The van der Waals surface area contributed by atoms with Crippen LogP contribution >= 0.6 is 23.1 Å². The molecule has 2 rings (SSSR count). The fourth-order valence-electron chi connectivity index (χ4n) is 2.04. The monoisotopic (exact) mass is 439 g/mol. The van der Waals surface area contributed by atoms with Crippen LogP contribution < -0.4 is 11.1 Å². The molecule has 0 bridgehead atoms. The van der Waals surface area contributed by atoms with E-state index in [-0.39, 0.29) is 20.8 Å². The standard InChI is InChI=1S/C11H13N5O8S3/c1-24-15-6(4-2-26-11(12)13-4)8(19)14-7-9(20)16(27(21,22)23)10(7)25-3-5(17)18/h2,7,10H,3H2,1H3,(H2,12,13)(H,14,19)(H,17,18)(H,21,22,23)/t7-,10-/m1/s1. The maximum Gasteiger partial charge on any atom is 0.363 e. The number of hydrogen-bond acceptors (Lipinski definition) is 11. The number of nitrogens with zero attached hydrogens (tertiary/aromatic N) is 3. The van der Waals surface area contributed by atoms with Gasteiger partial charge in [0.25, 0.3) is 11.8 Å². The fourth-order valence-corrected chi connectivity index (χ4v) is 4.75. The summed E-state index contributed by atoms with van der Waals surface area (Å²) >= 11 is 1.56. The minimum Gasteiger partial charge on any atom is -0.481 e. The topological polar surface area (TPSA) is 202 Å². The number of aromatic nitrogens is 1. The second-order valence-corrected chi connectivity index (χ2v) is 8.14. The molecule has 1 fully saturated rings. The Bertz CT molecular complexity index is 898. The molecule has 0 aromatic carbocycles. The van der Waals surface area contributed by atoms with Gasteiger partial charge >= 0.3 is 16.3 Å². The highest BCUT2D eigenvalue weighted by molar-refractivity contribution is 8.01. The van der Waals surface area contributed by atoms with E-state index in [1.807, 2.05) is 0 Å². The minimum absolute atomic E-state index is 0.0602. The van der Waals surface area contributed by atoms with Crippen LogP contribution in [0.1, 0.15) is 5.69 Å². The summed E-state index contributed by atoms with van der Waals surface area (Å²) in [6.45, 7) is 0. The van der Waals surface area contributed by atoms with Crippen LogP contribution in [-0.4, -0.2) is 75.1 Å². The average Bonchev–Trinajstić information content (AvgIpc) is 2.98. The largest absolute Gasteiger partial charge is 0.481 e. The van der Waals surface area contributed by atoms with Gasteiger partial charge in [-0.3, -0.25) is 18.9 Å². The molecule has 0 spiro atoms. The lowest BCUT2D eigenvalue weighted by molar-refractivity contribution is -0.141. The zero-order chi connectivity index (χ0) is 20.4. The molecule has 16 heteroatoms. The zero-order valence-electron chi connectivity index (χ0n) is 13.4. The third kappa shape index (κ3) is 4.65. The first-order chi connectivity index (χ1) is 12.6. The highest BCUT2D eigenvalue weighted by Gasteiger charge is 2.54. The number of carbonyl (C=O) groups excluding carboxylic acids is 2. The molecule has 5 N–H and O–H groups in total. The highest BCUT2D eigenvalue weighted by atomic mass is 32.2. The molecule has 1 aromatic rings. The number of oxime groups is 1. The Kier molecular flexibility index (Phi) is 6.24. The summed E-state index contributed by atoms with van der Waals surface area (Å²) in [4.78, 5) is 43.6. The molecule has 27 heavy (non-hydrogen) atoms. The first-order valence-corrected chi connectivity index (χ1v) is 10.2. The van der Waals surface area contributed by atoms with Gasteiger partial charge in [0.1, 0.15) is 24.2 Å². The van der Waals surface area contributed by atoms with E-state index in [0.29, 0.717) is 11.8 Å². The Morgan fingerprint density at radius 2 is 2.22 bits per heavy atom. The lowest BCUT2D eigenvalue weighted by Gasteiger charge is -2.43. The van der Waals surface area contributed by atoms with E-state index in [4.69, 9.17) is 15.4 Å². The van der Waals surface area contributed by atoms with Crippen LogP contribution in [0, 0.1) is 0 Å². The molecular formula is C11H13N5O8S3. The fraction of sp³-hybridized carbons (Fsp3) is 0.364. The van der Waals surface area contributed by atoms with E-state index < -0.39 is 45.3 Å². The Morgan fingerprint density at radius 1 is 1.56 bits per heavy atom. The van der Waals surface area contributed by atoms with Crippen LogP contribution in [0.2, 0.25) is 0 Å². The van der Waals surface area contributed by atoms with Crippen LogP contribution in [0.15, 0.2) is 10.5 Å². The van der Waals surface area contributed by atoms with Crippen molar-refractivity contribution in [3.63, 3.8) is 0 Å². The third-order valence-electron chi connectivity index (χ3n) is 3.07. The normalized spacial score (nSPS) is 20.1. The Labute approximate surface area is 160 Å². The maximum absolute atomic E-state index is 12.4. The smallest absolute Gasteiger partial charge is 0.363 e. The Hall–Kier alpha value is -2.43. The van der Waals surface area contributed by atoms with Crippen molar-refractivity contribution in [3.05, 3.63) is 11.1 Å². The van der Waals surface area contributed by atoms with Crippen molar-refractivity contribution in [2.75, 3.05) is 18.6 Å². The molecule has 1 saturated heterocycles. The number of aliphatic carboxylic acids is 1. The summed E-state index contributed by atoms with van der Waals surface area (Å²) < 4.78 is 31.8. The first kappa shape index (κ1) is 20.9. The summed E-state index contributed by atoms with van der Waals surface area (Å²) in [7, 11) is -3.75. The number of carboxylic acids is 1. The van der Waals surface area contributed by atoms with Crippen molar-refractivity contribution in [2.45, 2.75) is 11.4 Å². The van der Waals surface area contributed by atoms with Crippen LogP contribution in [0.4, 0.5) is 5.13 Å². The SMILES string of the molecule is CON=C(C(=O)N[C@@H]1C(=O)N(S(=O)(=O)O)[C@@H]1SCC(=O)O)c1csc(N)n1. The zero-order valence-corrected chi connectivity index (χ0v) is 15.9. The third-order valence-corrected chi connectivity index (χ3v) is 6.02. The van der Waals surface area contributed by atoms with E-state index in [9.17, 15) is 22.8 Å². The summed E-state index contributed by atoms with van der Waals surface area (Å²) in [6.07, 6.45) is 0. The highest BCUT2D eigenvalue weighted by Crippen LogP contribution is 2.32. The van der Waals surface area contributed by atoms with Crippen molar-refractivity contribution in [1.29, 1.82) is 0 Å². The second kappa shape index (κ2) is 8.07. The van der Waals surface area contributed by atoms with Gasteiger partial charge < -0.3 is 21.0 Å². The number of hydrogen-bond donors (Lipinski definition) is 4. The Morgan fingerprint density at radius 3 is 2.70 bits per heavy atom. The van der Waals surface area contributed by atoms with Crippen molar-refractivity contribution >= 4 is 62.0 Å². The van der Waals surface area contributed by atoms with E-state index in [1.54, 1.807) is 0 Å². The van der Waals surface area contributed by atoms with E-state index in [1.165, 1.54) is 12.5 Å². The summed E-state index contributed by atoms with van der Waals surface area (Å²) in [5, 5.41) is 14.7.